The third-order valence-electron chi connectivity index (χ3n) is 4.27. The van der Waals surface area contributed by atoms with Crippen molar-refractivity contribution in [3.05, 3.63) is 34.2 Å². The van der Waals surface area contributed by atoms with E-state index in [-0.39, 0.29) is 17.3 Å². The zero-order valence-electron chi connectivity index (χ0n) is 11.8. The number of hydrogen-bond donors (Lipinski definition) is 2. The van der Waals surface area contributed by atoms with Gasteiger partial charge in [-0.2, -0.15) is 11.8 Å². The van der Waals surface area contributed by atoms with Crippen LogP contribution in [0.1, 0.15) is 42.1 Å². The first-order chi connectivity index (χ1) is 10.1. The van der Waals surface area contributed by atoms with Crippen LogP contribution >= 0.6 is 11.8 Å². The number of fused-ring (bicyclic) bond motifs is 1. The lowest BCUT2D eigenvalue weighted by Crippen LogP contribution is -2.31. The van der Waals surface area contributed by atoms with Gasteiger partial charge in [-0.25, -0.2) is 9.59 Å². The van der Waals surface area contributed by atoms with Crippen LogP contribution in [0, 0.1) is 0 Å². The summed E-state index contributed by atoms with van der Waals surface area (Å²) in [6, 6.07) is 4.94. The van der Waals surface area contributed by atoms with E-state index in [4.69, 9.17) is 5.11 Å². The summed E-state index contributed by atoms with van der Waals surface area (Å²) in [6.07, 6.45) is 6.45. The first-order valence-corrected chi connectivity index (χ1v) is 8.41. The lowest BCUT2D eigenvalue weighted by Gasteiger charge is -2.31. The van der Waals surface area contributed by atoms with Gasteiger partial charge in [-0.1, -0.05) is 12.8 Å². The average Bonchev–Trinajstić information content (AvgIpc) is 2.81. The number of imidazole rings is 1. The second kappa shape index (κ2) is 5.60. The van der Waals surface area contributed by atoms with Crippen LogP contribution in [-0.4, -0.2) is 32.1 Å². The molecule has 2 atom stereocenters. The van der Waals surface area contributed by atoms with Crippen LogP contribution in [0.25, 0.3) is 11.0 Å². The summed E-state index contributed by atoms with van der Waals surface area (Å²) in [6.45, 7) is 0. The smallest absolute Gasteiger partial charge is 0.335 e. The third-order valence-corrected chi connectivity index (χ3v) is 5.42. The molecule has 5 nitrogen and oxygen atoms in total. The molecule has 0 saturated heterocycles. The zero-order chi connectivity index (χ0) is 15.0. The molecule has 3 rings (SSSR count). The van der Waals surface area contributed by atoms with Crippen molar-refractivity contribution in [1.29, 1.82) is 0 Å². The summed E-state index contributed by atoms with van der Waals surface area (Å²) < 4.78 is 1.77. The molecule has 0 bridgehead atoms. The van der Waals surface area contributed by atoms with E-state index in [0.29, 0.717) is 16.3 Å². The Morgan fingerprint density at radius 3 is 2.86 bits per heavy atom. The molecule has 2 N–H and O–H groups in total. The molecular formula is C15H18N2O3S. The predicted octanol–water partition coefficient (Wildman–Crippen LogP) is 2.87. The molecule has 0 aliphatic heterocycles. The first kappa shape index (κ1) is 14.3. The molecule has 112 valence electrons. The van der Waals surface area contributed by atoms with Crippen LogP contribution in [0.4, 0.5) is 0 Å². The van der Waals surface area contributed by atoms with Crippen LogP contribution in [0.5, 0.6) is 0 Å². The monoisotopic (exact) mass is 306 g/mol. The van der Waals surface area contributed by atoms with Crippen molar-refractivity contribution in [1.82, 2.24) is 9.55 Å². The van der Waals surface area contributed by atoms with E-state index in [0.717, 1.165) is 19.3 Å². The van der Waals surface area contributed by atoms with Crippen molar-refractivity contribution in [2.24, 2.45) is 0 Å². The Labute approximate surface area is 126 Å². The lowest BCUT2D eigenvalue weighted by molar-refractivity contribution is 0.0697. The molecule has 1 heterocycles. The highest BCUT2D eigenvalue weighted by molar-refractivity contribution is 7.99. The number of nitrogens with one attached hydrogen (secondary N) is 1. The van der Waals surface area contributed by atoms with Crippen molar-refractivity contribution in [3.63, 3.8) is 0 Å². The molecule has 1 aromatic carbocycles. The molecule has 21 heavy (non-hydrogen) atoms. The van der Waals surface area contributed by atoms with Gasteiger partial charge in [-0.3, -0.25) is 4.57 Å². The zero-order valence-corrected chi connectivity index (χ0v) is 12.7. The number of aromatic carboxylic acids is 1. The summed E-state index contributed by atoms with van der Waals surface area (Å²) in [5.74, 6) is -0.970. The van der Waals surface area contributed by atoms with Crippen molar-refractivity contribution < 1.29 is 9.90 Å². The Morgan fingerprint density at radius 1 is 1.38 bits per heavy atom. The van der Waals surface area contributed by atoms with Gasteiger partial charge in [-0.05, 0) is 37.3 Å². The number of benzene rings is 1. The topological polar surface area (TPSA) is 75.1 Å². The predicted molar refractivity (Wildman–Crippen MR) is 84.3 cm³/mol. The van der Waals surface area contributed by atoms with Gasteiger partial charge in [0.05, 0.1) is 22.6 Å². The number of thioether (sulfide) groups is 1. The van der Waals surface area contributed by atoms with E-state index in [1.54, 1.807) is 28.5 Å². The average molecular weight is 306 g/mol. The van der Waals surface area contributed by atoms with Crippen LogP contribution in [0.15, 0.2) is 23.0 Å². The van der Waals surface area contributed by atoms with Gasteiger partial charge < -0.3 is 10.1 Å². The van der Waals surface area contributed by atoms with Crippen molar-refractivity contribution in [2.45, 2.75) is 37.0 Å². The fraction of sp³-hybridized carbons (Fsp3) is 0.467. The number of nitrogens with zero attached hydrogens (tertiary/aromatic N) is 1. The van der Waals surface area contributed by atoms with E-state index in [9.17, 15) is 9.59 Å². The number of H-pyrrole nitrogens is 1. The molecule has 1 aliphatic carbocycles. The molecule has 1 aliphatic rings. The van der Waals surface area contributed by atoms with E-state index in [1.165, 1.54) is 12.5 Å². The molecule has 2 aromatic rings. The van der Waals surface area contributed by atoms with Gasteiger partial charge in [0.15, 0.2) is 0 Å². The van der Waals surface area contributed by atoms with Gasteiger partial charge in [0, 0.05) is 5.25 Å². The number of hydrogen-bond acceptors (Lipinski definition) is 3. The van der Waals surface area contributed by atoms with Crippen LogP contribution < -0.4 is 5.69 Å². The van der Waals surface area contributed by atoms with Gasteiger partial charge >= 0.3 is 11.7 Å². The molecule has 1 fully saturated rings. The Kier molecular flexibility index (Phi) is 3.80. The van der Waals surface area contributed by atoms with Crippen molar-refractivity contribution in [3.8, 4) is 0 Å². The largest absolute Gasteiger partial charge is 0.478 e. The number of aromatic nitrogens is 2. The van der Waals surface area contributed by atoms with Gasteiger partial charge in [0.1, 0.15) is 0 Å². The molecule has 0 spiro atoms. The second-order valence-electron chi connectivity index (χ2n) is 5.46. The Bertz CT molecular complexity index is 734. The number of rotatable bonds is 3. The molecule has 6 heteroatoms. The minimum Gasteiger partial charge on any atom is -0.478 e. The molecule has 1 aromatic heterocycles. The molecular weight excluding hydrogens is 288 g/mol. The van der Waals surface area contributed by atoms with Gasteiger partial charge in [0.2, 0.25) is 0 Å². The maximum Gasteiger partial charge on any atom is 0.335 e. The third kappa shape index (κ3) is 2.48. The molecule has 0 amide bonds. The fourth-order valence-electron chi connectivity index (χ4n) is 3.23. The molecule has 0 radical (unpaired) electrons. The maximum absolute atomic E-state index is 12.3. The summed E-state index contributed by atoms with van der Waals surface area (Å²) in [4.78, 5) is 26.3. The summed E-state index contributed by atoms with van der Waals surface area (Å²) in [5.41, 5.74) is 1.48. The highest BCUT2D eigenvalue weighted by atomic mass is 32.2. The highest BCUT2D eigenvalue weighted by Gasteiger charge is 2.28. The summed E-state index contributed by atoms with van der Waals surface area (Å²) in [7, 11) is 0. The van der Waals surface area contributed by atoms with E-state index < -0.39 is 5.97 Å². The quantitative estimate of drug-likeness (QED) is 0.914. The number of carboxylic acid groups (broad SMARTS) is 1. The summed E-state index contributed by atoms with van der Waals surface area (Å²) in [5, 5.41) is 9.56. The van der Waals surface area contributed by atoms with Crippen LogP contribution in [-0.2, 0) is 0 Å². The minimum atomic E-state index is -0.970. The van der Waals surface area contributed by atoms with Gasteiger partial charge in [0.25, 0.3) is 0 Å². The minimum absolute atomic E-state index is 0.138. The van der Waals surface area contributed by atoms with Gasteiger partial charge in [-0.15, -0.1) is 0 Å². The van der Waals surface area contributed by atoms with Crippen LogP contribution in [0.3, 0.4) is 0 Å². The number of carbonyl (C=O) groups is 1. The van der Waals surface area contributed by atoms with Crippen molar-refractivity contribution >= 4 is 28.8 Å². The first-order valence-electron chi connectivity index (χ1n) is 7.12. The highest BCUT2D eigenvalue weighted by Crippen LogP contribution is 2.36. The number of aromatic amines is 1. The fourth-order valence-corrected chi connectivity index (χ4v) is 4.21. The second-order valence-corrected chi connectivity index (χ2v) is 6.54. The van der Waals surface area contributed by atoms with Crippen LogP contribution in [0.2, 0.25) is 0 Å². The van der Waals surface area contributed by atoms with E-state index >= 15 is 0 Å². The Hall–Kier alpha value is -1.69. The number of carboxylic acids is 1. The molecule has 1 saturated carbocycles. The Morgan fingerprint density at radius 2 is 2.14 bits per heavy atom. The SMILES string of the molecule is CSC1CCCCC1n1c(=O)[nH]c2ccc(C(=O)O)cc21. The lowest BCUT2D eigenvalue weighted by atomic mass is 9.94. The van der Waals surface area contributed by atoms with E-state index in [2.05, 4.69) is 11.2 Å². The standard InChI is InChI=1S/C15H18N2O3S/c1-21-13-5-3-2-4-11(13)17-12-8-9(14(18)19)6-7-10(12)16-15(17)20/h6-8,11,13H,2-5H2,1H3,(H,16,20)(H,18,19). The Balaban J connectivity index is 2.16. The maximum atomic E-state index is 12.3. The van der Waals surface area contributed by atoms with E-state index in [1.807, 2.05) is 0 Å². The summed E-state index contributed by atoms with van der Waals surface area (Å²) >= 11 is 1.79. The van der Waals surface area contributed by atoms with Crippen molar-refractivity contribution in [2.75, 3.05) is 6.26 Å². The molecule has 2 unspecified atom stereocenters. The normalized spacial score (nSPS) is 22.5.